The summed E-state index contributed by atoms with van der Waals surface area (Å²) in [5, 5.41) is 3.37. The molecule has 0 aliphatic rings. The van der Waals surface area contributed by atoms with Crippen molar-refractivity contribution >= 4 is 33.2 Å². The van der Waals surface area contributed by atoms with E-state index in [-0.39, 0.29) is 17.5 Å². The molecule has 1 atom stereocenters. The zero-order valence-electron chi connectivity index (χ0n) is 18.6. The normalized spacial score (nSPS) is 12.3. The lowest BCUT2D eigenvalue weighted by molar-refractivity contribution is -0.120. The summed E-state index contributed by atoms with van der Waals surface area (Å²) in [6, 6.07) is 18.7. The molecule has 32 heavy (non-hydrogen) atoms. The van der Waals surface area contributed by atoms with Crippen LogP contribution in [0.3, 0.4) is 0 Å². The molecule has 0 heterocycles. The molecule has 0 unspecified atom stereocenters. The van der Waals surface area contributed by atoms with Crippen molar-refractivity contribution in [1.82, 2.24) is 5.32 Å². The number of nitrogens with zero attached hydrogens (tertiary/aromatic N) is 1. The first-order valence-corrected chi connectivity index (χ1v) is 12.1. The first-order chi connectivity index (χ1) is 15.1. The van der Waals surface area contributed by atoms with Gasteiger partial charge in [-0.25, -0.2) is 8.42 Å². The van der Waals surface area contributed by atoms with E-state index in [1.165, 1.54) is 24.3 Å². The molecule has 3 aromatic carbocycles. The molecule has 0 spiro atoms. The molecule has 0 saturated carbocycles. The summed E-state index contributed by atoms with van der Waals surface area (Å²) in [4.78, 5) is 13.0. The van der Waals surface area contributed by atoms with Crippen molar-refractivity contribution in [2.24, 2.45) is 0 Å². The molecule has 0 fully saturated rings. The molecule has 0 aromatic heterocycles. The van der Waals surface area contributed by atoms with Gasteiger partial charge in [0.05, 0.1) is 16.6 Å². The molecule has 0 aliphatic carbocycles. The average Bonchev–Trinajstić information content (AvgIpc) is 2.73. The maximum absolute atomic E-state index is 13.4. The molecule has 5 nitrogen and oxygen atoms in total. The Labute approximate surface area is 195 Å². The Balaban J connectivity index is 1.89. The van der Waals surface area contributed by atoms with Gasteiger partial charge in [0.15, 0.2) is 0 Å². The first-order valence-electron chi connectivity index (χ1n) is 10.3. The van der Waals surface area contributed by atoms with E-state index in [1.54, 1.807) is 12.1 Å². The van der Waals surface area contributed by atoms with Crippen molar-refractivity contribution in [1.29, 1.82) is 0 Å². The van der Waals surface area contributed by atoms with E-state index >= 15 is 0 Å². The van der Waals surface area contributed by atoms with Gasteiger partial charge in [0.25, 0.3) is 10.0 Å². The third-order valence-electron chi connectivity index (χ3n) is 5.28. The number of carbonyl (C=O) groups excluding carboxylic acids is 1. The molecule has 0 aliphatic heterocycles. The quantitative estimate of drug-likeness (QED) is 0.507. The van der Waals surface area contributed by atoms with Gasteiger partial charge in [0.1, 0.15) is 6.54 Å². The zero-order valence-corrected chi connectivity index (χ0v) is 20.2. The van der Waals surface area contributed by atoms with Crippen molar-refractivity contribution in [3.05, 3.63) is 94.0 Å². The predicted molar refractivity (Wildman–Crippen MR) is 130 cm³/mol. The van der Waals surface area contributed by atoms with Gasteiger partial charge in [-0.2, -0.15) is 0 Å². The van der Waals surface area contributed by atoms with Crippen molar-refractivity contribution in [2.75, 3.05) is 10.8 Å². The van der Waals surface area contributed by atoms with Crippen LogP contribution in [0, 0.1) is 20.8 Å². The van der Waals surface area contributed by atoms with Crippen LogP contribution < -0.4 is 9.62 Å². The van der Waals surface area contributed by atoms with Crippen LogP contribution in [-0.4, -0.2) is 20.9 Å². The van der Waals surface area contributed by atoms with E-state index in [9.17, 15) is 13.2 Å². The number of aryl methyl sites for hydroxylation is 3. The summed E-state index contributed by atoms with van der Waals surface area (Å²) in [5.41, 5.74) is 4.61. The Bertz CT molecular complexity index is 1210. The molecular formula is C25H27ClN2O3S. The molecule has 0 bridgehead atoms. The van der Waals surface area contributed by atoms with Gasteiger partial charge in [-0.05, 0) is 75.2 Å². The van der Waals surface area contributed by atoms with Crippen LogP contribution in [-0.2, 0) is 14.8 Å². The zero-order chi connectivity index (χ0) is 23.5. The largest absolute Gasteiger partial charge is 0.348 e. The fourth-order valence-electron chi connectivity index (χ4n) is 3.57. The Morgan fingerprint density at radius 2 is 1.53 bits per heavy atom. The number of hydrogen-bond acceptors (Lipinski definition) is 3. The minimum Gasteiger partial charge on any atom is -0.348 e. The summed E-state index contributed by atoms with van der Waals surface area (Å²) >= 11 is 5.93. The van der Waals surface area contributed by atoms with Crippen molar-refractivity contribution < 1.29 is 13.2 Å². The standard InChI is InChI=1S/C25H27ClN2O3S/c1-17-5-10-22(11-6-17)28(32(30,31)23-12-8-21(26)9-13-23)16-25(29)27-20(4)24-14-7-18(2)15-19(24)3/h5-15,20H,16H2,1-4H3,(H,27,29)/t20-/m0/s1. The Morgan fingerprint density at radius 3 is 2.12 bits per heavy atom. The molecule has 1 amide bonds. The SMILES string of the molecule is Cc1ccc(N(CC(=O)N[C@@H](C)c2ccc(C)cc2C)S(=O)(=O)c2ccc(Cl)cc2)cc1. The Kier molecular flexibility index (Phi) is 7.26. The third-order valence-corrected chi connectivity index (χ3v) is 7.32. The first kappa shape index (κ1) is 23.8. The highest BCUT2D eigenvalue weighted by molar-refractivity contribution is 7.92. The fourth-order valence-corrected chi connectivity index (χ4v) is 5.11. The number of halogens is 1. The van der Waals surface area contributed by atoms with Gasteiger partial charge in [-0.3, -0.25) is 9.10 Å². The molecule has 0 radical (unpaired) electrons. The second-order valence-electron chi connectivity index (χ2n) is 7.95. The van der Waals surface area contributed by atoms with Crippen LogP contribution in [0.1, 0.15) is 35.2 Å². The third kappa shape index (κ3) is 5.50. The summed E-state index contributed by atoms with van der Waals surface area (Å²) in [5.74, 6) is -0.393. The Hall–Kier alpha value is -2.83. The minimum absolute atomic E-state index is 0.0673. The lowest BCUT2D eigenvalue weighted by atomic mass is 10.0. The monoisotopic (exact) mass is 470 g/mol. The van der Waals surface area contributed by atoms with Crippen LogP contribution >= 0.6 is 11.6 Å². The van der Waals surface area contributed by atoms with E-state index in [2.05, 4.69) is 11.4 Å². The fraction of sp³-hybridized carbons (Fsp3) is 0.240. The van der Waals surface area contributed by atoms with Gasteiger partial charge in [0, 0.05) is 5.02 Å². The smallest absolute Gasteiger partial charge is 0.264 e. The number of anilines is 1. The van der Waals surface area contributed by atoms with Gasteiger partial charge in [-0.1, -0.05) is 53.1 Å². The lowest BCUT2D eigenvalue weighted by Crippen LogP contribution is -2.41. The summed E-state index contributed by atoms with van der Waals surface area (Å²) < 4.78 is 28.0. The number of nitrogens with one attached hydrogen (secondary N) is 1. The van der Waals surface area contributed by atoms with Crippen LogP contribution in [0.15, 0.2) is 71.6 Å². The van der Waals surface area contributed by atoms with Crippen LogP contribution in [0.4, 0.5) is 5.69 Å². The van der Waals surface area contributed by atoms with Crippen molar-refractivity contribution in [3.63, 3.8) is 0 Å². The maximum Gasteiger partial charge on any atom is 0.264 e. The van der Waals surface area contributed by atoms with E-state index in [0.717, 1.165) is 26.6 Å². The lowest BCUT2D eigenvalue weighted by Gasteiger charge is -2.25. The Morgan fingerprint density at radius 1 is 0.938 bits per heavy atom. The second kappa shape index (κ2) is 9.76. The van der Waals surface area contributed by atoms with Gasteiger partial charge in [0.2, 0.25) is 5.91 Å². The molecule has 3 rings (SSSR count). The number of rotatable bonds is 7. The molecule has 3 aromatic rings. The van der Waals surface area contributed by atoms with Crippen LogP contribution in [0.2, 0.25) is 5.02 Å². The minimum atomic E-state index is -3.98. The van der Waals surface area contributed by atoms with E-state index in [1.807, 2.05) is 52.0 Å². The summed E-state index contributed by atoms with van der Waals surface area (Å²) in [7, 11) is -3.98. The number of benzene rings is 3. The highest BCUT2D eigenvalue weighted by Gasteiger charge is 2.28. The highest BCUT2D eigenvalue weighted by Crippen LogP contribution is 2.25. The molecule has 1 N–H and O–H groups in total. The van der Waals surface area contributed by atoms with Crippen molar-refractivity contribution in [2.45, 2.75) is 38.6 Å². The average molecular weight is 471 g/mol. The topological polar surface area (TPSA) is 66.5 Å². The van der Waals surface area contributed by atoms with E-state index < -0.39 is 15.9 Å². The number of sulfonamides is 1. The highest BCUT2D eigenvalue weighted by atomic mass is 35.5. The van der Waals surface area contributed by atoms with Gasteiger partial charge >= 0.3 is 0 Å². The van der Waals surface area contributed by atoms with E-state index in [0.29, 0.717) is 10.7 Å². The number of carbonyl (C=O) groups is 1. The van der Waals surface area contributed by atoms with Crippen LogP contribution in [0.5, 0.6) is 0 Å². The van der Waals surface area contributed by atoms with Crippen molar-refractivity contribution in [3.8, 4) is 0 Å². The van der Waals surface area contributed by atoms with Crippen LogP contribution in [0.25, 0.3) is 0 Å². The predicted octanol–water partition coefficient (Wildman–Crippen LogP) is 5.34. The second-order valence-corrected chi connectivity index (χ2v) is 10.2. The molecule has 7 heteroatoms. The van der Waals surface area contributed by atoms with Gasteiger partial charge in [-0.15, -0.1) is 0 Å². The number of amides is 1. The molecular weight excluding hydrogens is 444 g/mol. The van der Waals surface area contributed by atoms with Gasteiger partial charge < -0.3 is 5.32 Å². The summed E-state index contributed by atoms with van der Waals surface area (Å²) in [6.45, 7) is 7.47. The molecule has 168 valence electrons. The number of hydrogen-bond donors (Lipinski definition) is 1. The maximum atomic E-state index is 13.4. The molecule has 0 saturated heterocycles. The summed E-state index contributed by atoms with van der Waals surface area (Å²) in [6.07, 6.45) is 0. The van der Waals surface area contributed by atoms with E-state index in [4.69, 9.17) is 11.6 Å².